The van der Waals surface area contributed by atoms with Crippen molar-refractivity contribution in [3.63, 3.8) is 0 Å². The lowest BCUT2D eigenvalue weighted by Gasteiger charge is -2.35. The van der Waals surface area contributed by atoms with Crippen LogP contribution in [0.5, 0.6) is 0 Å². The van der Waals surface area contributed by atoms with Crippen LogP contribution in [-0.2, 0) is 6.42 Å². The molecule has 1 amide bonds. The van der Waals surface area contributed by atoms with Crippen LogP contribution in [0, 0.1) is 5.41 Å². The molecule has 1 N–H and O–H groups in total. The van der Waals surface area contributed by atoms with Gasteiger partial charge in [-0.3, -0.25) is 9.59 Å². The Balaban J connectivity index is 1.71. The van der Waals surface area contributed by atoms with Gasteiger partial charge in [-0.05, 0) is 43.7 Å². The molecule has 0 spiro atoms. The molecule has 4 heteroatoms. The summed E-state index contributed by atoms with van der Waals surface area (Å²) in [6.07, 6.45) is 5.02. The maximum atomic E-state index is 13.2. The van der Waals surface area contributed by atoms with Crippen LogP contribution >= 0.6 is 0 Å². The highest BCUT2D eigenvalue weighted by molar-refractivity contribution is 6.05. The van der Waals surface area contributed by atoms with Gasteiger partial charge in [-0.2, -0.15) is 0 Å². The molecule has 0 radical (unpaired) electrons. The second-order valence-electron chi connectivity index (χ2n) is 7.29. The quantitative estimate of drug-likeness (QED) is 0.933. The highest BCUT2D eigenvalue weighted by atomic mass is 16.3. The first-order valence-electron chi connectivity index (χ1n) is 8.70. The minimum absolute atomic E-state index is 0.0628. The maximum Gasteiger partial charge on any atom is 0.254 e. The van der Waals surface area contributed by atoms with Crippen molar-refractivity contribution in [1.82, 2.24) is 4.90 Å². The van der Waals surface area contributed by atoms with Crippen molar-refractivity contribution in [3.05, 3.63) is 34.9 Å². The molecule has 23 heavy (non-hydrogen) atoms. The first-order chi connectivity index (χ1) is 11.1. The summed E-state index contributed by atoms with van der Waals surface area (Å²) >= 11 is 0. The molecule has 1 aromatic rings. The topological polar surface area (TPSA) is 57.6 Å². The summed E-state index contributed by atoms with van der Waals surface area (Å²) in [5.41, 5.74) is 2.23. The molecule has 2 aliphatic heterocycles. The van der Waals surface area contributed by atoms with E-state index in [1.165, 1.54) is 0 Å². The van der Waals surface area contributed by atoms with E-state index in [2.05, 4.69) is 6.92 Å². The van der Waals surface area contributed by atoms with E-state index in [4.69, 9.17) is 0 Å². The molecule has 0 aromatic heterocycles. The number of hydrogen-bond acceptors (Lipinski definition) is 3. The Hall–Kier alpha value is -1.68. The molecule has 4 rings (SSSR count). The first kappa shape index (κ1) is 14.9. The summed E-state index contributed by atoms with van der Waals surface area (Å²) < 4.78 is 0. The molecule has 4 nitrogen and oxygen atoms in total. The smallest absolute Gasteiger partial charge is 0.254 e. The van der Waals surface area contributed by atoms with E-state index in [1.54, 1.807) is 0 Å². The van der Waals surface area contributed by atoms with Crippen molar-refractivity contribution < 1.29 is 14.7 Å². The summed E-state index contributed by atoms with van der Waals surface area (Å²) in [6, 6.07) is 5.91. The Morgan fingerprint density at radius 2 is 2.17 bits per heavy atom. The first-order valence-corrected chi connectivity index (χ1v) is 8.70. The van der Waals surface area contributed by atoms with E-state index >= 15 is 0 Å². The Labute approximate surface area is 136 Å². The zero-order valence-electron chi connectivity index (χ0n) is 13.5. The van der Waals surface area contributed by atoms with Crippen molar-refractivity contribution >= 4 is 11.7 Å². The predicted molar refractivity (Wildman–Crippen MR) is 86.5 cm³/mol. The molecule has 3 aliphatic rings. The average Bonchev–Trinajstić information content (AvgIpc) is 3.26. The van der Waals surface area contributed by atoms with Crippen LogP contribution in [0.3, 0.4) is 0 Å². The fraction of sp³-hybridized carbons (Fsp3) is 0.579. The Kier molecular flexibility index (Phi) is 3.34. The fourth-order valence-corrected chi connectivity index (χ4v) is 5.09. The molecule has 2 heterocycles. The number of carbonyl (C=O) groups excluding carboxylic acids is 2. The van der Waals surface area contributed by atoms with Crippen LogP contribution < -0.4 is 0 Å². The van der Waals surface area contributed by atoms with Crippen LogP contribution in [0.4, 0.5) is 0 Å². The van der Waals surface area contributed by atoms with E-state index < -0.39 is 0 Å². The third-order valence-corrected chi connectivity index (χ3v) is 6.41. The molecule has 0 saturated carbocycles. The molecule has 2 bridgehead atoms. The highest BCUT2D eigenvalue weighted by Crippen LogP contribution is 2.52. The highest BCUT2D eigenvalue weighted by Gasteiger charge is 2.56. The second-order valence-corrected chi connectivity index (χ2v) is 7.29. The lowest BCUT2D eigenvalue weighted by Crippen LogP contribution is -2.42. The molecule has 122 valence electrons. The van der Waals surface area contributed by atoms with Crippen LogP contribution in [0.2, 0.25) is 0 Å². The van der Waals surface area contributed by atoms with Gasteiger partial charge in [-0.15, -0.1) is 0 Å². The zero-order chi connectivity index (χ0) is 16.2. The van der Waals surface area contributed by atoms with Gasteiger partial charge in [0.1, 0.15) is 0 Å². The monoisotopic (exact) mass is 313 g/mol. The number of rotatable bonds is 3. The van der Waals surface area contributed by atoms with E-state index in [-0.39, 0.29) is 35.8 Å². The number of nitrogens with zero attached hydrogens (tertiary/aromatic N) is 1. The standard InChI is InChI=1S/C19H23NO3/c1-2-19(11-21)10-12-6-9-17(19)20(12)18(23)15-5-3-4-14-13(15)7-8-16(14)22/h3-5,12,17,21H,2,6-11H2,1H3/t12-,17+,19-/m0/s1. The number of carbonyl (C=O) groups is 2. The molecular formula is C19H23NO3. The van der Waals surface area contributed by atoms with Crippen LogP contribution in [0.15, 0.2) is 18.2 Å². The van der Waals surface area contributed by atoms with Gasteiger partial charge in [-0.1, -0.05) is 19.1 Å². The molecule has 2 saturated heterocycles. The minimum Gasteiger partial charge on any atom is -0.396 e. The van der Waals surface area contributed by atoms with Crippen LogP contribution in [-0.4, -0.2) is 40.4 Å². The molecule has 3 atom stereocenters. The molecule has 0 unspecified atom stereocenters. The summed E-state index contributed by atoms with van der Waals surface area (Å²) in [6.45, 7) is 2.26. The summed E-state index contributed by atoms with van der Waals surface area (Å²) in [5.74, 6) is 0.213. The Morgan fingerprint density at radius 1 is 1.35 bits per heavy atom. The summed E-state index contributed by atoms with van der Waals surface area (Å²) in [4.78, 5) is 27.2. The van der Waals surface area contributed by atoms with Crippen molar-refractivity contribution in [2.24, 2.45) is 5.41 Å². The number of Topliss-reactive ketones (excluding diaryl/α,β-unsaturated/α-hetero) is 1. The van der Waals surface area contributed by atoms with E-state index in [0.717, 1.165) is 36.8 Å². The number of aliphatic hydroxyl groups excluding tert-OH is 1. The van der Waals surface area contributed by atoms with Gasteiger partial charge >= 0.3 is 0 Å². The lowest BCUT2D eigenvalue weighted by molar-refractivity contribution is 0.0556. The molecule has 1 aromatic carbocycles. The maximum absolute atomic E-state index is 13.2. The number of ketones is 1. The van der Waals surface area contributed by atoms with Crippen LogP contribution in [0.25, 0.3) is 0 Å². The van der Waals surface area contributed by atoms with Crippen LogP contribution in [0.1, 0.15) is 65.3 Å². The van der Waals surface area contributed by atoms with Gasteiger partial charge in [0.05, 0.1) is 6.61 Å². The summed E-state index contributed by atoms with van der Waals surface area (Å²) in [7, 11) is 0. The van der Waals surface area contributed by atoms with Crippen molar-refractivity contribution in [2.75, 3.05) is 6.61 Å². The number of fused-ring (bicyclic) bond motifs is 3. The molecular weight excluding hydrogens is 290 g/mol. The van der Waals surface area contributed by atoms with E-state index in [0.29, 0.717) is 18.4 Å². The van der Waals surface area contributed by atoms with Gasteiger partial charge in [0.15, 0.2) is 5.78 Å². The number of aliphatic hydroxyl groups is 1. The van der Waals surface area contributed by atoms with E-state index in [1.807, 2.05) is 23.1 Å². The number of benzene rings is 1. The average molecular weight is 313 g/mol. The van der Waals surface area contributed by atoms with Crippen molar-refractivity contribution in [3.8, 4) is 0 Å². The number of amides is 1. The molecule has 1 aliphatic carbocycles. The van der Waals surface area contributed by atoms with Gasteiger partial charge in [-0.25, -0.2) is 0 Å². The van der Waals surface area contributed by atoms with Gasteiger partial charge < -0.3 is 10.0 Å². The predicted octanol–water partition coefficient (Wildman–Crippen LogP) is 2.58. The van der Waals surface area contributed by atoms with Crippen molar-refractivity contribution in [1.29, 1.82) is 0 Å². The van der Waals surface area contributed by atoms with Crippen molar-refractivity contribution in [2.45, 2.75) is 57.5 Å². The Bertz CT molecular complexity index is 677. The van der Waals surface area contributed by atoms with Gasteiger partial charge in [0.25, 0.3) is 5.91 Å². The number of hydrogen-bond donors (Lipinski definition) is 1. The Morgan fingerprint density at radius 3 is 2.87 bits per heavy atom. The van der Waals surface area contributed by atoms with E-state index in [9.17, 15) is 14.7 Å². The lowest BCUT2D eigenvalue weighted by atomic mass is 9.72. The minimum atomic E-state index is -0.133. The fourth-order valence-electron chi connectivity index (χ4n) is 5.09. The third-order valence-electron chi connectivity index (χ3n) is 6.41. The normalized spacial score (nSPS) is 31.7. The zero-order valence-corrected chi connectivity index (χ0v) is 13.5. The molecule has 2 fully saturated rings. The largest absolute Gasteiger partial charge is 0.396 e. The second kappa shape index (κ2) is 5.17. The van der Waals surface area contributed by atoms with Gasteiger partial charge in [0.2, 0.25) is 0 Å². The SMILES string of the molecule is CC[C@@]1(CO)C[C@@H]2CC[C@H]1N2C(=O)c1cccc2c1CCC2=O. The van der Waals surface area contributed by atoms with Gasteiger partial charge in [0, 0.05) is 35.0 Å². The third kappa shape index (κ3) is 1.94. The summed E-state index contributed by atoms with van der Waals surface area (Å²) in [5, 5.41) is 9.92.